The van der Waals surface area contributed by atoms with Crippen LogP contribution >= 0.6 is 0 Å². The molecule has 2 heterocycles. The minimum absolute atomic E-state index is 0.0505. The molecule has 0 saturated carbocycles. The number of nitrogens with zero attached hydrogens (tertiary/aromatic N) is 3. The Morgan fingerprint density at radius 2 is 2.07 bits per heavy atom. The number of methoxy groups -OCH3 is 1. The molecular formula is C21H21N3O3. The Bertz CT molecular complexity index is 967. The number of ether oxygens (including phenoxy) is 1. The van der Waals surface area contributed by atoms with E-state index < -0.39 is 0 Å². The first-order valence-corrected chi connectivity index (χ1v) is 8.94. The van der Waals surface area contributed by atoms with Crippen molar-refractivity contribution in [3.63, 3.8) is 0 Å². The molecule has 0 aliphatic carbocycles. The van der Waals surface area contributed by atoms with E-state index in [-0.39, 0.29) is 11.8 Å². The second kappa shape index (κ2) is 7.23. The normalized spacial score (nSPS) is 16.7. The van der Waals surface area contributed by atoms with Crippen molar-refractivity contribution in [2.75, 3.05) is 13.7 Å². The molecule has 1 aromatic heterocycles. The van der Waals surface area contributed by atoms with Crippen LogP contribution in [-0.2, 0) is 11.3 Å². The average molecular weight is 363 g/mol. The minimum Gasteiger partial charge on any atom is -0.497 e. The van der Waals surface area contributed by atoms with Crippen LogP contribution in [0.25, 0.3) is 11.5 Å². The van der Waals surface area contributed by atoms with Crippen LogP contribution in [0, 0.1) is 6.92 Å². The predicted molar refractivity (Wildman–Crippen MR) is 100 cm³/mol. The Hall–Kier alpha value is -3.15. The SMILES string of the molecule is COc1cccc(CN2CC(c3noc(-c4cccc(C)c4)n3)CC2=O)c1. The summed E-state index contributed by atoms with van der Waals surface area (Å²) in [6.07, 6.45) is 0.400. The lowest BCUT2D eigenvalue weighted by Gasteiger charge is -2.16. The van der Waals surface area contributed by atoms with Gasteiger partial charge in [0.15, 0.2) is 5.82 Å². The van der Waals surface area contributed by atoms with Gasteiger partial charge in [0.05, 0.1) is 7.11 Å². The second-order valence-electron chi connectivity index (χ2n) is 6.85. The van der Waals surface area contributed by atoms with Crippen molar-refractivity contribution in [2.24, 2.45) is 0 Å². The minimum atomic E-state index is -0.0505. The van der Waals surface area contributed by atoms with E-state index in [1.54, 1.807) is 7.11 Å². The van der Waals surface area contributed by atoms with Gasteiger partial charge in [-0.1, -0.05) is 35.0 Å². The molecule has 1 aliphatic rings. The van der Waals surface area contributed by atoms with Gasteiger partial charge in [-0.3, -0.25) is 4.79 Å². The van der Waals surface area contributed by atoms with E-state index in [4.69, 9.17) is 9.26 Å². The molecule has 1 unspecified atom stereocenters. The summed E-state index contributed by atoms with van der Waals surface area (Å²) in [5.41, 5.74) is 3.07. The van der Waals surface area contributed by atoms with Crippen molar-refractivity contribution >= 4 is 5.91 Å². The molecular weight excluding hydrogens is 342 g/mol. The van der Waals surface area contributed by atoms with E-state index >= 15 is 0 Å². The number of hydrogen-bond donors (Lipinski definition) is 0. The summed E-state index contributed by atoms with van der Waals surface area (Å²) < 4.78 is 10.7. The van der Waals surface area contributed by atoms with Gasteiger partial charge in [-0.2, -0.15) is 4.98 Å². The van der Waals surface area contributed by atoms with E-state index in [2.05, 4.69) is 10.1 Å². The van der Waals surface area contributed by atoms with Crippen LogP contribution < -0.4 is 4.74 Å². The van der Waals surface area contributed by atoms with Crippen molar-refractivity contribution < 1.29 is 14.1 Å². The van der Waals surface area contributed by atoms with Crippen LogP contribution in [0.1, 0.15) is 29.3 Å². The molecule has 138 valence electrons. The second-order valence-corrected chi connectivity index (χ2v) is 6.85. The first-order chi connectivity index (χ1) is 13.1. The Kier molecular flexibility index (Phi) is 4.62. The van der Waals surface area contributed by atoms with Gasteiger partial charge < -0.3 is 14.2 Å². The third kappa shape index (κ3) is 3.69. The molecule has 0 bridgehead atoms. The van der Waals surface area contributed by atoms with Gasteiger partial charge in [0, 0.05) is 31.0 Å². The van der Waals surface area contributed by atoms with Gasteiger partial charge in [-0.15, -0.1) is 0 Å². The van der Waals surface area contributed by atoms with E-state index in [0.717, 1.165) is 22.4 Å². The van der Waals surface area contributed by atoms with E-state index in [1.807, 2.05) is 60.4 Å². The Balaban J connectivity index is 1.47. The molecule has 1 atom stereocenters. The molecule has 27 heavy (non-hydrogen) atoms. The highest BCUT2D eigenvalue weighted by molar-refractivity contribution is 5.79. The van der Waals surface area contributed by atoms with Crippen LogP contribution in [0.3, 0.4) is 0 Å². The molecule has 2 aromatic carbocycles. The molecule has 1 saturated heterocycles. The van der Waals surface area contributed by atoms with Crippen molar-refractivity contribution in [3.05, 3.63) is 65.5 Å². The fraction of sp³-hybridized carbons (Fsp3) is 0.286. The topological polar surface area (TPSA) is 68.5 Å². The average Bonchev–Trinajstić information content (AvgIpc) is 3.29. The van der Waals surface area contributed by atoms with Gasteiger partial charge in [-0.05, 0) is 36.8 Å². The third-order valence-corrected chi connectivity index (χ3v) is 4.79. The summed E-state index contributed by atoms with van der Waals surface area (Å²) in [6.45, 7) is 3.16. The lowest BCUT2D eigenvalue weighted by molar-refractivity contribution is -0.128. The monoisotopic (exact) mass is 363 g/mol. The summed E-state index contributed by atoms with van der Waals surface area (Å²) in [6, 6.07) is 15.7. The number of amides is 1. The molecule has 0 N–H and O–H groups in total. The maximum atomic E-state index is 12.4. The third-order valence-electron chi connectivity index (χ3n) is 4.79. The van der Waals surface area contributed by atoms with Crippen LogP contribution in [0.15, 0.2) is 53.1 Å². The summed E-state index contributed by atoms with van der Waals surface area (Å²) in [5.74, 6) is 1.92. The number of carbonyl (C=O) groups is 1. The van der Waals surface area contributed by atoms with Gasteiger partial charge in [0.2, 0.25) is 5.91 Å². The fourth-order valence-electron chi connectivity index (χ4n) is 3.39. The highest BCUT2D eigenvalue weighted by Crippen LogP contribution is 2.29. The number of hydrogen-bond acceptors (Lipinski definition) is 5. The number of carbonyl (C=O) groups excluding carboxylic acids is 1. The highest BCUT2D eigenvalue weighted by Gasteiger charge is 2.33. The largest absolute Gasteiger partial charge is 0.497 e. The van der Waals surface area contributed by atoms with Crippen molar-refractivity contribution in [3.8, 4) is 17.2 Å². The number of rotatable bonds is 5. The predicted octanol–water partition coefficient (Wildman–Crippen LogP) is 3.57. The van der Waals surface area contributed by atoms with Crippen LogP contribution in [0.2, 0.25) is 0 Å². The quantitative estimate of drug-likeness (QED) is 0.693. The maximum Gasteiger partial charge on any atom is 0.257 e. The Morgan fingerprint density at radius 3 is 2.89 bits per heavy atom. The number of aryl methyl sites for hydroxylation is 1. The van der Waals surface area contributed by atoms with Gasteiger partial charge in [0.1, 0.15) is 5.75 Å². The van der Waals surface area contributed by atoms with Gasteiger partial charge in [0.25, 0.3) is 5.89 Å². The molecule has 6 nitrogen and oxygen atoms in total. The summed E-state index contributed by atoms with van der Waals surface area (Å²) in [5, 5.41) is 4.12. The lowest BCUT2D eigenvalue weighted by atomic mass is 10.1. The molecule has 1 aliphatic heterocycles. The van der Waals surface area contributed by atoms with E-state index in [9.17, 15) is 4.79 Å². The lowest BCUT2D eigenvalue weighted by Crippen LogP contribution is -2.24. The van der Waals surface area contributed by atoms with Gasteiger partial charge in [-0.25, -0.2) is 0 Å². The molecule has 0 radical (unpaired) electrons. The summed E-state index contributed by atoms with van der Waals surface area (Å²) in [7, 11) is 1.64. The molecule has 4 rings (SSSR count). The highest BCUT2D eigenvalue weighted by atomic mass is 16.5. The van der Waals surface area contributed by atoms with E-state index in [0.29, 0.717) is 31.2 Å². The van der Waals surface area contributed by atoms with Crippen LogP contribution in [0.5, 0.6) is 5.75 Å². The zero-order valence-electron chi connectivity index (χ0n) is 15.4. The first-order valence-electron chi connectivity index (χ1n) is 8.94. The Labute approximate surface area is 157 Å². The van der Waals surface area contributed by atoms with Crippen molar-refractivity contribution in [1.82, 2.24) is 15.0 Å². The Morgan fingerprint density at radius 1 is 1.22 bits per heavy atom. The number of likely N-dealkylation sites (tertiary alicyclic amines) is 1. The van der Waals surface area contributed by atoms with Crippen molar-refractivity contribution in [1.29, 1.82) is 0 Å². The molecule has 1 fully saturated rings. The van der Waals surface area contributed by atoms with Crippen LogP contribution in [-0.4, -0.2) is 34.6 Å². The molecule has 1 amide bonds. The summed E-state index contributed by atoms with van der Waals surface area (Å²) in [4.78, 5) is 18.8. The van der Waals surface area contributed by atoms with Gasteiger partial charge >= 0.3 is 0 Å². The molecule has 6 heteroatoms. The maximum absolute atomic E-state index is 12.4. The number of benzene rings is 2. The standard InChI is InChI=1S/C21H21N3O3/c1-14-5-3-7-16(9-14)21-22-20(23-27-21)17-11-19(25)24(13-17)12-15-6-4-8-18(10-15)26-2/h3-10,17H,11-13H2,1-2H3. The molecule has 3 aromatic rings. The molecule has 0 spiro atoms. The first kappa shape index (κ1) is 17.3. The zero-order chi connectivity index (χ0) is 18.8. The van der Waals surface area contributed by atoms with Crippen LogP contribution in [0.4, 0.5) is 0 Å². The fourth-order valence-corrected chi connectivity index (χ4v) is 3.39. The number of aromatic nitrogens is 2. The van der Waals surface area contributed by atoms with Crippen molar-refractivity contribution in [2.45, 2.75) is 25.8 Å². The summed E-state index contributed by atoms with van der Waals surface area (Å²) >= 11 is 0. The smallest absolute Gasteiger partial charge is 0.257 e. The zero-order valence-corrected chi connectivity index (χ0v) is 15.4. The van der Waals surface area contributed by atoms with E-state index in [1.165, 1.54) is 0 Å².